The summed E-state index contributed by atoms with van der Waals surface area (Å²) in [5.74, 6) is -0.0990. The first-order valence-electron chi connectivity index (χ1n) is 4.74. The number of hydrogen-bond acceptors (Lipinski definition) is 6. The number of aromatic nitrogens is 2. The molecule has 0 bridgehead atoms. The first kappa shape index (κ1) is 10.3. The van der Waals surface area contributed by atoms with E-state index in [2.05, 4.69) is 15.5 Å². The van der Waals surface area contributed by atoms with E-state index >= 15 is 0 Å². The van der Waals surface area contributed by atoms with E-state index in [1.165, 1.54) is 0 Å². The minimum atomic E-state index is -0.0990. The van der Waals surface area contributed by atoms with Crippen molar-refractivity contribution in [2.24, 2.45) is 0 Å². The zero-order chi connectivity index (χ0) is 10.7. The van der Waals surface area contributed by atoms with Gasteiger partial charge in [0.25, 0.3) is 0 Å². The third-order valence-corrected chi connectivity index (χ3v) is 2.79. The van der Waals surface area contributed by atoms with Gasteiger partial charge in [-0.3, -0.25) is 4.79 Å². The molecule has 1 aromatic heterocycles. The van der Waals surface area contributed by atoms with E-state index in [0.717, 1.165) is 30.8 Å². The number of anilines is 2. The van der Waals surface area contributed by atoms with Crippen LogP contribution in [0.25, 0.3) is 0 Å². The van der Waals surface area contributed by atoms with E-state index in [1.807, 2.05) is 0 Å². The summed E-state index contributed by atoms with van der Waals surface area (Å²) in [6.07, 6.45) is 2.41. The van der Waals surface area contributed by atoms with Crippen LogP contribution in [0.3, 0.4) is 0 Å². The van der Waals surface area contributed by atoms with Gasteiger partial charge < -0.3 is 15.8 Å². The molecule has 1 aliphatic heterocycles. The molecule has 0 aromatic carbocycles. The first-order valence-corrected chi connectivity index (χ1v) is 5.56. The zero-order valence-electron chi connectivity index (χ0n) is 8.10. The Morgan fingerprint density at radius 2 is 2.53 bits per heavy atom. The van der Waals surface area contributed by atoms with Crippen LogP contribution >= 0.6 is 11.3 Å². The second-order valence-corrected chi connectivity index (χ2v) is 4.34. The number of ether oxygens (including phenoxy) is 1. The van der Waals surface area contributed by atoms with Crippen LogP contribution in [0.2, 0.25) is 0 Å². The van der Waals surface area contributed by atoms with Crippen molar-refractivity contribution in [1.29, 1.82) is 0 Å². The molecular weight excluding hydrogens is 216 g/mol. The van der Waals surface area contributed by atoms with E-state index < -0.39 is 0 Å². The summed E-state index contributed by atoms with van der Waals surface area (Å²) in [4.78, 5) is 11.5. The lowest BCUT2D eigenvalue weighted by Gasteiger charge is -2.07. The number of carbonyl (C=O) groups is 1. The molecule has 15 heavy (non-hydrogen) atoms. The van der Waals surface area contributed by atoms with Crippen molar-refractivity contribution in [1.82, 2.24) is 10.2 Å². The molecule has 1 unspecified atom stereocenters. The summed E-state index contributed by atoms with van der Waals surface area (Å²) >= 11 is 1.16. The molecule has 1 atom stereocenters. The Labute approximate surface area is 90.8 Å². The van der Waals surface area contributed by atoms with Crippen LogP contribution in [0, 0.1) is 0 Å². The number of nitrogens with two attached hydrogens (primary N) is 1. The van der Waals surface area contributed by atoms with Crippen molar-refractivity contribution >= 4 is 27.5 Å². The molecule has 1 fully saturated rings. The Morgan fingerprint density at radius 1 is 1.67 bits per heavy atom. The second kappa shape index (κ2) is 4.54. The number of rotatable bonds is 3. The Balaban J connectivity index is 1.81. The van der Waals surface area contributed by atoms with Crippen LogP contribution in [0.1, 0.15) is 19.3 Å². The van der Waals surface area contributed by atoms with E-state index in [-0.39, 0.29) is 12.0 Å². The van der Waals surface area contributed by atoms with Gasteiger partial charge in [0.1, 0.15) is 0 Å². The van der Waals surface area contributed by atoms with Crippen LogP contribution in [0.5, 0.6) is 0 Å². The van der Waals surface area contributed by atoms with Gasteiger partial charge in [0, 0.05) is 6.61 Å². The fourth-order valence-corrected chi connectivity index (χ4v) is 1.99. The van der Waals surface area contributed by atoms with Gasteiger partial charge in [-0.15, -0.1) is 10.2 Å². The van der Waals surface area contributed by atoms with Gasteiger partial charge in [-0.2, -0.15) is 0 Å². The summed E-state index contributed by atoms with van der Waals surface area (Å²) in [7, 11) is 0. The Hall–Kier alpha value is -1.21. The number of nitrogens with one attached hydrogen (secondary N) is 1. The van der Waals surface area contributed by atoms with E-state index in [4.69, 9.17) is 10.5 Å². The summed E-state index contributed by atoms with van der Waals surface area (Å²) in [6.45, 7) is 0.754. The monoisotopic (exact) mass is 228 g/mol. The normalized spacial score (nSPS) is 20.4. The molecule has 0 radical (unpaired) electrons. The summed E-state index contributed by atoms with van der Waals surface area (Å²) < 4.78 is 5.35. The van der Waals surface area contributed by atoms with Gasteiger partial charge in [0.2, 0.25) is 16.2 Å². The highest BCUT2D eigenvalue weighted by Crippen LogP contribution is 2.19. The van der Waals surface area contributed by atoms with Crippen molar-refractivity contribution in [2.45, 2.75) is 25.4 Å². The van der Waals surface area contributed by atoms with Gasteiger partial charge in [0.15, 0.2) is 0 Å². The van der Waals surface area contributed by atoms with Crippen molar-refractivity contribution in [3.05, 3.63) is 0 Å². The highest BCUT2D eigenvalue weighted by molar-refractivity contribution is 7.18. The van der Waals surface area contributed by atoms with Gasteiger partial charge in [-0.1, -0.05) is 11.3 Å². The van der Waals surface area contributed by atoms with Crippen molar-refractivity contribution < 1.29 is 9.53 Å². The molecule has 1 aliphatic rings. The molecule has 2 heterocycles. The van der Waals surface area contributed by atoms with Crippen molar-refractivity contribution in [3.8, 4) is 0 Å². The highest BCUT2D eigenvalue weighted by Gasteiger charge is 2.19. The van der Waals surface area contributed by atoms with Gasteiger partial charge >= 0.3 is 0 Å². The van der Waals surface area contributed by atoms with Gasteiger partial charge in [-0.25, -0.2) is 0 Å². The SMILES string of the molecule is Nc1nnc(NC(=O)CC2CCCO2)s1. The predicted molar refractivity (Wildman–Crippen MR) is 56.5 cm³/mol. The third-order valence-electron chi connectivity index (χ3n) is 2.12. The number of hydrogen-bond donors (Lipinski definition) is 2. The molecule has 82 valence electrons. The lowest BCUT2D eigenvalue weighted by molar-refractivity contribution is -0.118. The third kappa shape index (κ3) is 2.87. The smallest absolute Gasteiger partial charge is 0.228 e. The van der Waals surface area contributed by atoms with Crippen molar-refractivity contribution in [3.63, 3.8) is 0 Å². The van der Waals surface area contributed by atoms with E-state index in [0.29, 0.717) is 16.7 Å². The minimum absolute atomic E-state index is 0.0512. The standard InChI is InChI=1S/C8H12N4O2S/c9-7-11-12-8(15-7)10-6(13)4-5-2-1-3-14-5/h5H,1-4H2,(H2,9,11)(H,10,12,13). The fourth-order valence-electron chi connectivity index (χ4n) is 1.47. The Kier molecular flexibility index (Phi) is 3.12. The lowest BCUT2D eigenvalue weighted by atomic mass is 10.2. The summed E-state index contributed by atoms with van der Waals surface area (Å²) in [5.41, 5.74) is 5.39. The quantitative estimate of drug-likeness (QED) is 0.791. The molecule has 3 N–H and O–H groups in total. The molecule has 2 rings (SSSR count). The lowest BCUT2D eigenvalue weighted by Crippen LogP contribution is -2.19. The first-order chi connectivity index (χ1) is 7.24. The maximum Gasteiger partial charge on any atom is 0.228 e. The average Bonchev–Trinajstić information content (AvgIpc) is 2.77. The molecule has 0 spiro atoms. The van der Waals surface area contributed by atoms with Crippen molar-refractivity contribution in [2.75, 3.05) is 17.7 Å². The molecule has 7 heteroatoms. The number of carbonyl (C=O) groups excluding carboxylic acids is 1. The second-order valence-electron chi connectivity index (χ2n) is 3.33. The Bertz CT molecular complexity index is 348. The predicted octanol–water partition coefficient (Wildman–Crippen LogP) is 0.628. The molecule has 0 aliphatic carbocycles. The number of amides is 1. The van der Waals surface area contributed by atoms with E-state index in [9.17, 15) is 4.79 Å². The van der Waals surface area contributed by atoms with Gasteiger partial charge in [0.05, 0.1) is 12.5 Å². The fraction of sp³-hybridized carbons (Fsp3) is 0.625. The van der Waals surface area contributed by atoms with Crippen LogP contribution in [0.15, 0.2) is 0 Å². The largest absolute Gasteiger partial charge is 0.378 e. The highest BCUT2D eigenvalue weighted by atomic mass is 32.1. The Morgan fingerprint density at radius 3 is 3.13 bits per heavy atom. The molecule has 6 nitrogen and oxygen atoms in total. The molecule has 0 saturated carbocycles. The average molecular weight is 228 g/mol. The van der Waals surface area contributed by atoms with E-state index in [1.54, 1.807) is 0 Å². The van der Waals surface area contributed by atoms with Crippen LogP contribution < -0.4 is 11.1 Å². The molecule has 1 saturated heterocycles. The van der Waals surface area contributed by atoms with Crippen LogP contribution in [-0.2, 0) is 9.53 Å². The molecular formula is C8H12N4O2S. The molecule has 1 aromatic rings. The van der Waals surface area contributed by atoms with Crippen LogP contribution in [0.4, 0.5) is 10.3 Å². The maximum atomic E-state index is 11.5. The zero-order valence-corrected chi connectivity index (χ0v) is 8.92. The maximum absolute atomic E-state index is 11.5. The number of nitrogens with zero attached hydrogens (tertiary/aromatic N) is 2. The number of nitrogen functional groups attached to an aromatic ring is 1. The van der Waals surface area contributed by atoms with Gasteiger partial charge in [-0.05, 0) is 12.8 Å². The topological polar surface area (TPSA) is 90.1 Å². The summed E-state index contributed by atoms with van der Waals surface area (Å²) in [5, 5.41) is 10.7. The summed E-state index contributed by atoms with van der Waals surface area (Å²) in [6, 6.07) is 0. The minimum Gasteiger partial charge on any atom is -0.378 e. The van der Waals surface area contributed by atoms with Crippen LogP contribution in [-0.4, -0.2) is 28.8 Å². The molecule has 1 amide bonds.